The Hall–Kier alpha value is 0.1000. The van der Waals surface area contributed by atoms with Gasteiger partial charge in [-0.1, -0.05) is 46.4 Å². The van der Waals surface area contributed by atoms with E-state index < -0.39 is 44.1 Å². The van der Waals surface area contributed by atoms with Crippen LogP contribution in [-0.4, -0.2) is 0 Å². The highest BCUT2D eigenvalue weighted by Crippen LogP contribution is 2.40. The van der Waals surface area contributed by atoms with Crippen LogP contribution in [-0.2, 0) is 0 Å². The number of hydrogen-bond donors (Lipinski definition) is 0. The minimum Gasteiger partial charge on any atom is -0.203 e. The minimum atomic E-state index is -2.02. The highest BCUT2D eigenvalue weighted by atomic mass is 35.5. The van der Waals surface area contributed by atoms with Crippen molar-refractivity contribution in [1.29, 1.82) is 0 Å². The Morgan fingerprint density at radius 3 is 1.00 bits per heavy atom. The molecule has 90 valence electrons. The number of rotatable bonds is 2. The number of alkyl halides is 4. The van der Waals surface area contributed by atoms with Crippen molar-refractivity contribution in [2.75, 3.05) is 0 Å². The molecule has 0 unspecified atom stereocenters. The lowest BCUT2D eigenvalue weighted by Gasteiger charge is -2.14. The van der Waals surface area contributed by atoms with Gasteiger partial charge in [0.2, 0.25) is 0 Å². The first-order valence-corrected chi connectivity index (χ1v) is 5.45. The molecule has 1 rings (SSSR count). The van der Waals surface area contributed by atoms with Crippen LogP contribution in [0.1, 0.15) is 20.8 Å². The molecule has 0 bridgehead atoms. The summed E-state index contributed by atoms with van der Waals surface area (Å²) in [6, 6.07) is 0. The van der Waals surface area contributed by atoms with Gasteiger partial charge < -0.3 is 0 Å². The molecule has 0 aliphatic heterocycles. The summed E-state index contributed by atoms with van der Waals surface area (Å²) in [6.07, 6.45) is 0. The summed E-state index contributed by atoms with van der Waals surface area (Å²) in [5.74, 6) is -7.46. The van der Waals surface area contributed by atoms with Crippen molar-refractivity contribution < 1.29 is 17.6 Å². The predicted octanol–water partition coefficient (Wildman–Crippen LogP) is 5.20. The molecule has 0 saturated carbocycles. The van der Waals surface area contributed by atoms with Crippen molar-refractivity contribution in [3.63, 3.8) is 0 Å². The van der Waals surface area contributed by atoms with E-state index in [1.807, 2.05) is 0 Å². The van der Waals surface area contributed by atoms with Gasteiger partial charge >= 0.3 is 0 Å². The Morgan fingerprint density at radius 1 is 0.562 bits per heavy atom. The van der Waals surface area contributed by atoms with Gasteiger partial charge in [-0.15, -0.1) is 0 Å². The molecule has 1 aromatic carbocycles. The fraction of sp³-hybridized carbons (Fsp3) is 0.250. The lowest BCUT2D eigenvalue weighted by Crippen LogP contribution is -2.08. The Labute approximate surface area is 108 Å². The second-order valence-corrected chi connectivity index (χ2v) is 4.88. The molecule has 0 fully saturated rings. The highest BCUT2D eigenvalue weighted by Gasteiger charge is 2.30. The Bertz CT molecular complexity index is 380. The number of halogens is 8. The third-order valence-electron chi connectivity index (χ3n) is 1.78. The van der Waals surface area contributed by atoms with Crippen LogP contribution in [0.5, 0.6) is 0 Å². The quantitative estimate of drug-likeness (QED) is 0.305. The van der Waals surface area contributed by atoms with Crippen LogP contribution in [0.25, 0.3) is 0 Å². The van der Waals surface area contributed by atoms with E-state index in [1.165, 1.54) is 0 Å². The SMILES string of the molecule is Fc1c(F)c(F)c(C(Cl)Cl)c(C(Cl)Cl)c1F. The van der Waals surface area contributed by atoms with E-state index in [0.717, 1.165) is 0 Å². The second-order valence-electron chi connectivity index (χ2n) is 2.68. The van der Waals surface area contributed by atoms with Crippen molar-refractivity contribution in [1.82, 2.24) is 0 Å². The van der Waals surface area contributed by atoms with Crippen LogP contribution in [0.15, 0.2) is 0 Å². The standard InChI is InChI=1S/C8H2Cl4F4/c9-7(10)1-2(8(11)12)4(14)6(16)5(15)3(1)13/h7-8H. The maximum atomic E-state index is 13.2. The Kier molecular flexibility index (Phi) is 4.57. The van der Waals surface area contributed by atoms with Crippen molar-refractivity contribution in [2.24, 2.45) is 0 Å². The minimum absolute atomic E-state index is 0.810. The maximum absolute atomic E-state index is 13.2. The molecule has 16 heavy (non-hydrogen) atoms. The molecule has 0 aromatic heterocycles. The topological polar surface area (TPSA) is 0 Å². The van der Waals surface area contributed by atoms with E-state index >= 15 is 0 Å². The molecular formula is C8H2Cl4F4. The van der Waals surface area contributed by atoms with Crippen LogP contribution < -0.4 is 0 Å². The van der Waals surface area contributed by atoms with Gasteiger partial charge in [-0.05, 0) is 0 Å². The molecule has 0 heterocycles. The molecule has 0 radical (unpaired) electrons. The van der Waals surface area contributed by atoms with Crippen molar-refractivity contribution in [2.45, 2.75) is 9.67 Å². The van der Waals surface area contributed by atoms with Crippen LogP contribution in [0, 0.1) is 23.3 Å². The second kappa shape index (κ2) is 5.17. The number of hydrogen-bond acceptors (Lipinski definition) is 0. The molecule has 0 atom stereocenters. The molecule has 0 aliphatic rings. The average molecular weight is 316 g/mol. The largest absolute Gasteiger partial charge is 0.203 e. The van der Waals surface area contributed by atoms with Crippen LogP contribution >= 0.6 is 46.4 Å². The van der Waals surface area contributed by atoms with E-state index in [9.17, 15) is 17.6 Å². The zero-order valence-corrected chi connectivity index (χ0v) is 10.2. The smallest absolute Gasteiger partial charge is 0.197 e. The van der Waals surface area contributed by atoms with E-state index in [0.29, 0.717) is 0 Å². The van der Waals surface area contributed by atoms with E-state index in [-0.39, 0.29) is 0 Å². The summed E-state index contributed by atoms with van der Waals surface area (Å²) in [5, 5.41) is 0. The average Bonchev–Trinajstić information content (AvgIpc) is 2.18. The first-order valence-electron chi connectivity index (χ1n) is 3.71. The fourth-order valence-corrected chi connectivity index (χ4v) is 1.95. The first-order chi connectivity index (χ1) is 7.29. The van der Waals surface area contributed by atoms with Gasteiger partial charge in [0.1, 0.15) is 9.67 Å². The van der Waals surface area contributed by atoms with E-state index in [4.69, 9.17) is 46.4 Å². The molecule has 0 spiro atoms. The normalized spacial score (nSPS) is 11.6. The Balaban J connectivity index is 3.69. The monoisotopic (exact) mass is 314 g/mol. The summed E-state index contributed by atoms with van der Waals surface area (Å²) in [5.41, 5.74) is -1.62. The van der Waals surface area contributed by atoms with Gasteiger partial charge in [-0.3, -0.25) is 0 Å². The van der Waals surface area contributed by atoms with Gasteiger partial charge in [-0.2, -0.15) is 0 Å². The lowest BCUT2D eigenvalue weighted by molar-refractivity contribution is 0.401. The summed E-state index contributed by atoms with van der Waals surface area (Å²) in [6.45, 7) is 0. The third kappa shape index (κ3) is 2.35. The van der Waals surface area contributed by atoms with Gasteiger partial charge in [0.05, 0.1) is 0 Å². The van der Waals surface area contributed by atoms with Gasteiger partial charge in [0.25, 0.3) is 0 Å². The highest BCUT2D eigenvalue weighted by molar-refractivity contribution is 6.46. The predicted molar refractivity (Wildman–Crippen MR) is 55.2 cm³/mol. The molecule has 0 nitrogen and oxygen atoms in total. The molecular weight excluding hydrogens is 314 g/mol. The number of benzene rings is 1. The van der Waals surface area contributed by atoms with Crippen LogP contribution in [0.4, 0.5) is 17.6 Å². The third-order valence-corrected chi connectivity index (χ3v) is 2.65. The van der Waals surface area contributed by atoms with Crippen LogP contribution in [0.3, 0.4) is 0 Å². The fourth-order valence-electron chi connectivity index (χ4n) is 1.09. The van der Waals surface area contributed by atoms with Crippen LogP contribution in [0.2, 0.25) is 0 Å². The Morgan fingerprint density at radius 2 is 0.812 bits per heavy atom. The van der Waals surface area contributed by atoms with Crippen molar-refractivity contribution in [3.8, 4) is 0 Å². The van der Waals surface area contributed by atoms with Gasteiger partial charge in [0, 0.05) is 11.1 Å². The van der Waals surface area contributed by atoms with Crippen molar-refractivity contribution >= 4 is 46.4 Å². The molecule has 8 heteroatoms. The maximum Gasteiger partial charge on any atom is 0.197 e. The molecule has 0 aliphatic carbocycles. The summed E-state index contributed by atoms with van der Waals surface area (Å²) < 4.78 is 52.2. The summed E-state index contributed by atoms with van der Waals surface area (Å²) in [7, 11) is 0. The van der Waals surface area contributed by atoms with E-state index in [1.54, 1.807) is 0 Å². The molecule has 0 N–H and O–H groups in total. The van der Waals surface area contributed by atoms with Gasteiger partial charge in [0.15, 0.2) is 23.3 Å². The summed E-state index contributed by atoms with van der Waals surface area (Å²) >= 11 is 21.2. The molecule has 0 saturated heterocycles. The lowest BCUT2D eigenvalue weighted by atomic mass is 10.1. The van der Waals surface area contributed by atoms with Crippen molar-refractivity contribution in [3.05, 3.63) is 34.4 Å². The zero-order chi connectivity index (χ0) is 12.6. The van der Waals surface area contributed by atoms with Gasteiger partial charge in [-0.25, -0.2) is 17.6 Å². The zero-order valence-electron chi connectivity index (χ0n) is 7.18. The molecule has 0 amide bonds. The summed E-state index contributed by atoms with van der Waals surface area (Å²) in [4.78, 5) is -3.25. The first kappa shape index (κ1) is 14.2. The molecule has 1 aromatic rings. The van der Waals surface area contributed by atoms with E-state index in [2.05, 4.69) is 0 Å².